The number of rotatable bonds is 5. The first kappa shape index (κ1) is 14.4. The second-order valence-corrected chi connectivity index (χ2v) is 4.72. The number of halogens is 1. The normalized spacial score (nSPS) is 10.2. The lowest BCUT2D eigenvalue weighted by molar-refractivity contribution is 0.101. The Balaban J connectivity index is 2.21. The van der Waals surface area contributed by atoms with Gasteiger partial charge in [0.2, 0.25) is 0 Å². The van der Waals surface area contributed by atoms with Crippen molar-refractivity contribution in [1.29, 1.82) is 0 Å². The molecule has 0 heterocycles. The smallest absolute Gasteiger partial charge is 0.165 e. The first-order chi connectivity index (χ1) is 9.61. The Bertz CT molecular complexity index is 609. The molecule has 3 nitrogen and oxygen atoms in total. The highest BCUT2D eigenvalue weighted by Crippen LogP contribution is 2.32. The van der Waals surface area contributed by atoms with E-state index < -0.39 is 0 Å². The lowest BCUT2D eigenvalue weighted by Gasteiger charge is -2.12. The van der Waals surface area contributed by atoms with Crippen LogP contribution in [0.3, 0.4) is 0 Å². The number of carbonyl (C=O) groups excluding carboxylic acids is 1. The molecule has 0 unspecified atom stereocenters. The molecule has 0 N–H and O–H groups in total. The number of Topliss-reactive ketones (excluding diaryl/α,β-unsaturated/α-hetero) is 1. The first-order valence-electron chi connectivity index (χ1n) is 6.17. The number of hydrogen-bond acceptors (Lipinski definition) is 3. The molecule has 0 saturated carbocycles. The van der Waals surface area contributed by atoms with Gasteiger partial charge in [0, 0.05) is 6.07 Å². The molecule has 104 valence electrons. The van der Waals surface area contributed by atoms with Crippen LogP contribution in [-0.2, 0) is 6.61 Å². The molecule has 0 atom stereocenters. The van der Waals surface area contributed by atoms with Crippen molar-refractivity contribution in [1.82, 2.24) is 0 Å². The summed E-state index contributed by atoms with van der Waals surface area (Å²) in [7, 11) is 1.50. The van der Waals surface area contributed by atoms with Crippen LogP contribution in [0.5, 0.6) is 11.5 Å². The molecule has 0 aliphatic heterocycles. The highest BCUT2D eigenvalue weighted by molar-refractivity contribution is 6.34. The summed E-state index contributed by atoms with van der Waals surface area (Å²) in [5, 5.41) is 0.333. The fourth-order valence-electron chi connectivity index (χ4n) is 1.88. The van der Waals surface area contributed by atoms with Gasteiger partial charge < -0.3 is 9.47 Å². The van der Waals surface area contributed by atoms with Crippen LogP contribution in [0.15, 0.2) is 42.5 Å². The van der Waals surface area contributed by atoms with Crippen molar-refractivity contribution >= 4 is 17.4 Å². The van der Waals surface area contributed by atoms with Gasteiger partial charge >= 0.3 is 0 Å². The highest BCUT2D eigenvalue weighted by Gasteiger charge is 2.15. The summed E-state index contributed by atoms with van der Waals surface area (Å²) in [5.41, 5.74) is 1.43. The molecule has 2 rings (SSSR count). The van der Waals surface area contributed by atoms with E-state index in [1.54, 1.807) is 12.1 Å². The summed E-state index contributed by atoms with van der Waals surface area (Å²) in [5.74, 6) is 0.857. The van der Waals surface area contributed by atoms with Gasteiger partial charge in [-0.25, -0.2) is 0 Å². The first-order valence-corrected chi connectivity index (χ1v) is 6.55. The van der Waals surface area contributed by atoms with Crippen molar-refractivity contribution in [2.45, 2.75) is 13.5 Å². The zero-order valence-electron chi connectivity index (χ0n) is 11.4. The van der Waals surface area contributed by atoms with E-state index in [0.717, 1.165) is 5.56 Å². The van der Waals surface area contributed by atoms with Crippen molar-refractivity contribution in [3.63, 3.8) is 0 Å². The SMILES string of the molecule is COc1cc(OCc2ccccc2)cc(Cl)c1C(C)=O. The maximum Gasteiger partial charge on any atom is 0.165 e. The molecule has 20 heavy (non-hydrogen) atoms. The summed E-state index contributed by atoms with van der Waals surface area (Å²) in [6.45, 7) is 1.88. The van der Waals surface area contributed by atoms with E-state index in [2.05, 4.69) is 0 Å². The zero-order chi connectivity index (χ0) is 14.5. The van der Waals surface area contributed by atoms with Crippen LogP contribution < -0.4 is 9.47 Å². The van der Waals surface area contributed by atoms with Gasteiger partial charge in [0.25, 0.3) is 0 Å². The molecule has 0 bridgehead atoms. The van der Waals surface area contributed by atoms with Gasteiger partial charge in [0.15, 0.2) is 5.78 Å². The molecule has 0 spiro atoms. The fraction of sp³-hybridized carbons (Fsp3) is 0.188. The fourth-order valence-corrected chi connectivity index (χ4v) is 2.22. The Morgan fingerprint density at radius 2 is 1.90 bits per heavy atom. The third-order valence-corrected chi connectivity index (χ3v) is 3.15. The van der Waals surface area contributed by atoms with E-state index >= 15 is 0 Å². The molecule has 0 aliphatic carbocycles. The monoisotopic (exact) mass is 290 g/mol. The van der Waals surface area contributed by atoms with E-state index in [-0.39, 0.29) is 5.78 Å². The van der Waals surface area contributed by atoms with Crippen LogP contribution in [0.4, 0.5) is 0 Å². The highest BCUT2D eigenvalue weighted by atomic mass is 35.5. The van der Waals surface area contributed by atoms with Crippen LogP contribution in [0.25, 0.3) is 0 Å². The molecule has 0 saturated heterocycles. The van der Waals surface area contributed by atoms with Gasteiger partial charge in [-0.1, -0.05) is 41.9 Å². The van der Waals surface area contributed by atoms with Crippen molar-refractivity contribution in [3.8, 4) is 11.5 Å². The van der Waals surface area contributed by atoms with E-state index in [0.29, 0.717) is 28.7 Å². The predicted octanol–water partition coefficient (Wildman–Crippen LogP) is 4.13. The van der Waals surface area contributed by atoms with E-state index in [9.17, 15) is 4.79 Å². The lowest BCUT2D eigenvalue weighted by atomic mass is 10.1. The molecule has 0 fully saturated rings. The molecule has 0 aliphatic rings. The lowest BCUT2D eigenvalue weighted by Crippen LogP contribution is -2.01. The number of methoxy groups -OCH3 is 1. The van der Waals surface area contributed by atoms with Crippen LogP contribution in [0.1, 0.15) is 22.8 Å². The minimum Gasteiger partial charge on any atom is -0.496 e. The van der Waals surface area contributed by atoms with Crippen LogP contribution in [0, 0.1) is 0 Å². The summed E-state index contributed by atoms with van der Waals surface area (Å²) in [6, 6.07) is 13.1. The maximum absolute atomic E-state index is 11.5. The molecule has 0 amide bonds. The second kappa shape index (κ2) is 6.44. The molecule has 0 aromatic heterocycles. The van der Waals surface area contributed by atoms with Crippen molar-refractivity contribution < 1.29 is 14.3 Å². The molecular formula is C16H15ClO3. The summed E-state index contributed by atoms with van der Waals surface area (Å²) < 4.78 is 10.9. The van der Waals surface area contributed by atoms with Gasteiger partial charge in [0.05, 0.1) is 17.7 Å². The van der Waals surface area contributed by atoms with Crippen molar-refractivity contribution in [3.05, 3.63) is 58.6 Å². The third-order valence-electron chi connectivity index (χ3n) is 2.85. The topological polar surface area (TPSA) is 35.5 Å². The average Bonchev–Trinajstić information content (AvgIpc) is 2.45. The van der Waals surface area contributed by atoms with Gasteiger partial charge in [-0.2, -0.15) is 0 Å². The number of benzene rings is 2. The Morgan fingerprint density at radius 1 is 1.20 bits per heavy atom. The summed E-state index contributed by atoms with van der Waals surface area (Å²) in [6.07, 6.45) is 0. The number of hydrogen-bond donors (Lipinski definition) is 0. The summed E-state index contributed by atoms with van der Waals surface area (Å²) in [4.78, 5) is 11.5. The Kier molecular flexibility index (Phi) is 4.64. The molecule has 2 aromatic rings. The molecular weight excluding hydrogens is 276 g/mol. The number of ketones is 1. The second-order valence-electron chi connectivity index (χ2n) is 4.31. The van der Waals surface area contributed by atoms with Gasteiger partial charge in [-0.3, -0.25) is 4.79 Å². The Hall–Kier alpha value is -2.00. The molecule has 4 heteroatoms. The van der Waals surface area contributed by atoms with Gasteiger partial charge in [-0.05, 0) is 18.6 Å². The Labute approximate surface area is 123 Å². The van der Waals surface area contributed by atoms with E-state index in [1.807, 2.05) is 30.3 Å². The largest absolute Gasteiger partial charge is 0.496 e. The summed E-state index contributed by atoms with van der Waals surface area (Å²) >= 11 is 6.11. The van der Waals surface area contributed by atoms with Crippen molar-refractivity contribution in [2.75, 3.05) is 7.11 Å². The average molecular weight is 291 g/mol. The maximum atomic E-state index is 11.5. The minimum atomic E-state index is -0.138. The standard InChI is InChI=1S/C16H15ClO3/c1-11(18)16-14(17)8-13(9-15(16)19-2)20-10-12-6-4-3-5-7-12/h3-9H,10H2,1-2H3. The predicted molar refractivity (Wildman–Crippen MR) is 78.8 cm³/mol. The zero-order valence-corrected chi connectivity index (χ0v) is 12.1. The number of ether oxygens (including phenoxy) is 2. The van der Waals surface area contributed by atoms with Crippen molar-refractivity contribution in [2.24, 2.45) is 0 Å². The molecule has 0 radical (unpaired) electrons. The van der Waals surface area contributed by atoms with Crippen LogP contribution >= 0.6 is 11.6 Å². The van der Waals surface area contributed by atoms with Crippen LogP contribution in [0.2, 0.25) is 5.02 Å². The van der Waals surface area contributed by atoms with E-state index in [4.69, 9.17) is 21.1 Å². The number of carbonyl (C=O) groups is 1. The minimum absolute atomic E-state index is 0.138. The van der Waals surface area contributed by atoms with E-state index in [1.165, 1.54) is 14.0 Å². The molecule has 2 aromatic carbocycles. The van der Waals surface area contributed by atoms with Crippen LogP contribution in [-0.4, -0.2) is 12.9 Å². The van der Waals surface area contributed by atoms with Gasteiger partial charge in [0.1, 0.15) is 18.1 Å². The quantitative estimate of drug-likeness (QED) is 0.777. The third kappa shape index (κ3) is 3.31. The van der Waals surface area contributed by atoms with Gasteiger partial charge in [-0.15, -0.1) is 0 Å². The Morgan fingerprint density at radius 3 is 2.50 bits per heavy atom.